The number of halogens is 1. The molecule has 128 valence electrons. The van der Waals surface area contributed by atoms with E-state index < -0.39 is 5.60 Å². The average Bonchev–Trinajstić information content (AvgIpc) is 2.39. The van der Waals surface area contributed by atoms with E-state index in [9.17, 15) is 14.4 Å². The second-order valence-electron chi connectivity index (χ2n) is 7.82. The Morgan fingerprint density at radius 3 is 2.33 bits per heavy atom. The predicted molar refractivity (Wildman–Crippen MR) is 86.6 cm³/mol. The monoisotopic (exact) mass is 331 g/mol. The molecule has 5 nitrogen and oxygen atoms in total. The van der Waals surface area contributed by atoms with Crippen LogP contribution in [0.25, 0.3) is 0 Å². The number of likely N-dealkylation sites (tertiary alicyclic amines) is 2. The van der Waals surface area contributed by atoms with E-state index in [0.29, 0.717) is 13.1 Å². The highest BCUT2D eigenvalue weighted by Gasteiger charge is 2.55. The molecular weight excluding hydrogens is 309 g/mol. The van der Waals surface area contributed by atoms with Crippen LogP contribution in [0.3, 0.4) is 0 Å². The molecule has 2 aliphatic rings. The molecule has 2 fully saturated rings. The molecule has 1 unspecified atom stereocenters. The number of benzene rings is 1. The van der Waals surface area contributed by atoms with Crippen LogP contribution in [0, 0.1) is 22.6 Å². The number of rotatable bonds is 2. The molecule has 3 rings (SSSR count). The normalized spacial score (nSPS) is 20.7. The lowest BCUT2D eigenvalue weighted by Crippen LogP contribution is -2.73. The Kier molecular flexibility index (Phi) is 4.00. The maximum atomic E-state index is 13.0. The zero-order chi connectivity index (χ0) is 17.5. The fraction of sp³-hybridized carbons (Fsp3) is 0.556. The van der Waals surface area contributed by atoms with Crippen LogP contribution < -0.4 is 0 Å². The lowest BCUT2D eigenvalue weighted by molar-refractivity contribution is -0.120. The summed E-state index contributed by atoms with van der Waals surface area (Å²) in [6, 6.07) is 7.99. The van der Waals surface area contributed by atoms with Crippen molar-refractivity contribution in [1.29, 1.82) is 5.26 Å². The molecule has 0 saturated carbocycles. The molecule has 0 N–H and O–H groups in total. The van der Waals surface area contributed by atoms with Crippen molar-refractivity contribution in [1.82, 2.24) is 9.80 Å². The molecule has 2 saturated heterocycles. The van der Waals surface area contributed by atoms with Gasteiger partial charge in [0, 0.05) is 31.6 Å². The van der Waals surface area contributed by atoms with Gasteiger partial charge in [-0.05, 0) is 38.5 Å². The van der Waals surface area contributed by atoms with E-state index in [2.05, 4.69) is 11.0 Å². The Labute approximate surface area is 141 Å². The van der Waals surface area contributed by atoms with Gasteiger partial charge in [-0.2, -0.15) is 5.26 Å². The summed E-state index contributed by atoms with van der Waals surface area (Å²) in [6.07, 6.45) is -0.276. The van der Waals surface area contributed by atoms with Gasteiger partial charge in [-0.25, -0.2) is 9.18 Å². The highest BCUT2D eigenvalue weighted by atomic mass is 19.1. The van der Waals surface area contributed by atoms with E-state index in [4.69, 9.17) is 4.74 Å². The molecule has 1 amide bonds. The van der Waals surface area contributed by atoms with Crippen LogP contribution in [-0.4, -0.2) is 47.7 Å². The quantitative estimate of drug-likeness (QED) is 0.836. The van der Waals surface area contributed by atoms with Gasteiger partial charge in [-0.3, -0.25) is 4.90 Å². The number of carbonyl (C=O) groups is 1. The molecule has 1 atom stereocenters. The maximum Gasteiger partial charge on any atom is 0.410 e. The Morgan fingerprint density at radius 1 is 1.25 bits per heavy atom. The van der Waals surface area contributed by atoms with Crippen molar-refractivity contribution < 1.29 is 13.9 Å². The fourth-order valence-electron chi connectivity index (χ4n) is 3.43. The topological polar surface area (TPSA) is 56.6 Å². The summed E-state index contributed by atoms with van der Waals surface area (Å²) in [5.74, 6) is -0.303. The molecule has 1 aromatic carbocycles. The molecule has 0 bridgehead atoms. The van der Waals surface area contributed by atoms with Gasteiger partial charge < -0.3 is 9.64 Å². The standard InChI is InChI=1S/C18H22FN3O2/c1-17(2,3)24-16(23)22-11-18(12-22)9-21(10-18)15(8-20)13-4-6-14(19)7-5-13/h4-7,15H,9-12H2,1-3H3. The summed E-state index contributed by atoms with van der Waals surface area (Å²) in [7, 11) is 0. The van der Waals surface area contributed by atoms with Crippen molar-refractivity contribution in [2.75, 3.05) is 26.2 Å². The molecule has 1 aromatic rings. The summed E-state index contributed by atoms with van der Waals surface area (Å²) in [4.78, 5) is 15.8. The lowest BCUT2D eigenvalue weighted by atomic mass is 9.72. The summed E-state index contributed by atoms with van der Waals surface area (Å²) < 4.78 is 18.4. The fourth-order valence-corrected chi connectivity index (χ4v) is 3.43. The number of hydrogen-bond acceptors (Lipinski definition) is 4. The van der Waals surface area contributed by atoms with E-state index in [0.717, 1.165) is 18.7 Å². The van der Waals surface area contributed by atoms with Crippen LogP contribution in [0.5, 0.6) is 0 Å². The minimum Gasteiger partial charge on any atom is -0.444 e. The molecule has 0 aromatic heterocycles. The number of carbonyl (C=O) groups excluding carboxylic acids is 1. The molecule has 2 heterocycles. The smallest absolute Gasteiger partial charge is 0.410 e. The first-order chi connectivity index (χ1) is 11.2. The third kappa shape index (κ3) is 3.22. The van der Waals surface area contributed by atoms with Gasteiger partial charge in [-0.1, -0.05) is 12.1 Å². The second kappa shape index (κ2) is 5.75. The van der Waals surface area contributed by atoms with Gasteiger partial charge in [-0.15, -0.1) is 0 Å². The molecule has 1 spiro atoms. The third-order valence-corrected chi connectivity index (χ3v) is 4.45. The van der Waals surface area contributed by atoms with Crippen LogP contribution >= 0.6 is 0 Å². The van der Waals surface area contributed by atoms with Gasteiger partial charge >= 0.3 is 6.09 Å². The Bertz CT molecular complexity index is 661. The number of nitrogens with zero attached hydrogens (tertiary/aromatic N) is 3. The zero-order valence-corrected chi connectivity index (χ0v) is 14.3. The van der Waals surface area contributed by atoms with E-state index >= 15 is 0 Å². The van der Waals surface area contributed by atoms with Crippen molar-refractivity contribution in [2.45, 2.75) is 32.4 Å². The van der Waals surface area contributed by atoms with E-state index in [1.165, 1.54) is 12.1 Å². The van der Waals surface area contributed by atoms with Crippen LogP contribution in [0.1, 0.15) is 32.4 Å². The van der Waals surface area contributed by atoms with Crippen LogP contribution in [-0.2, 0) is 4.74 Å². The van der Waals surface area contributed by atoms with Crippen molar-refractivity contribution in [3.63, 3.8) is 0 Å². The van der Waals surface area contributed by atoms with Crippen LogP contribution in [0.2, 0.25) is 0 Å². The first-order valence-corrected chi connectivity index (χ1v) is 8.08. The Morgan fingerprint density at radius 2 is 1.83 bits per heavy atom. The summed E-state index contributed by atoms with van der Waals surface area (Å²) >= 11 is 0. The highest BCUT2D eigenvalue weighted by molar-refractivity contribution is 5.69. The molecule has 0 aliphatic carbocycles. The number of nitriles is 1. The first kappa shape index (κ1) is 16.7. The van der Waals surface area contributed by atoms with Gasteiger partial charge in [0.25, 0.3) is 0 Å². The van der Waals surface area contributed by atoms with E-state index in [1.807, 2.05) is 20.8 Å². The molecule has 24 heavy (non-hydrogen) atoms. The van der Waals surface area contributed by atoms with Gasteiger partial charge in [0.2, 0.25) is 0 Å². The van der Waals surface area contributed by atoms with Crippen LogP contribution in [0.15, 0.2) is 24.3 Å². The minimum absolute atomic E-state index is 0.0754. The summed E-state index contributed by atoms with van der Waals surface area (Å²) in [5.41, 5.74) is 0.392. The number of ether oxygens (including phenoxy) is 1. The van der Waals surface area contributed by atoms with Gasteiger partial charge in [0.1, 0.15) is 17.5 Å². The number of hydrogen-bond donors (Lipinski definition) is 0. The minimum atomic E-state index is -0.486. The summed E-state index contributed by atoms with van der Waals surface area (Å²) in [5, 5.41) is 9.44. The van der Waals surface area contributed by atoms with Crippen LogP contribution in [0.4, 0.5) is 9.18 Å². The van der Waals surface area contributed by atoms with Gasteiger partial charge in [0.05, 0.1) is 6.07 Å². The van der Waals surface area contributed by atoms with Crippen molar-refractivity contribution in [2.24, 2.45) is 5.41 Å². The zero-order valence-electron chi connectivity index (χ0n) is 14.3. The van der Waals surface area contributed by atoms with Crippen molar-refractivity contribution in [3.05, 3.63) is 35.6 Å². The van der Waals surface area contributed by atoms with Gasteiger partial charge in [0.15, 0.2) is 0 Å². The predicted octanol–water partition coefficient (Wildman–Crippen LogP) is 2.94. The van der Waals surface area contributed by atoms with Crippen molar-refractivity contribution in [3.8, 4) is 6.07 Å². The van der Waals surface area contributed by atoms with Crippen molar-refractivity contribution >= 4 is 6.09 Å². The van der Waals surface area contributed by atoms with E-state index in [-0.39, 0.29) is 23.4 Å². The molecule has 2 aliphatic heterocycles. The van der Waals surface area contributed by atoms with E-state index in [1.54, 1.807) is 17.0 Å². The molecular formula is C18H22FN3O2. The largest absolute Gasteiger partial charge is 0.444 e. The maximum absolute atomic E-state index is 13.0. The summed E-state index contributed by atoms with van der Waals surface area (Å²) in [6.45, 7) is 8.42. The lowest BCUT2D eigenvalue weighted by Gasteiger charge is -2.60. The highest BCUT2D eigenvalue weighted by Crippen LogP contribution is 2.43. The third-order valence-electron chi connectivity index (χ3n) is 4.45. The average molecular weight is 331 g/mol. The Balaban J connectivity index is 1.54. The first-order valence-electron chi connectivity index (χ1n) is 8.08. The second-order valence-corrected chi connectivity index (χ2v) is 7.82. The molecule has 6 heteroatoms. The SMILES string of the molecule is CC(C)(C)OC(=O)N1CC2(C1)CN(C(C#N)c1ccc(F)cc1)C2. The molecule has 0 radical (unpaired) electrons. The number of amides is 1. The Hall–Kier alpha value is -2.13.